The maximum Gasteiger partial charge on any atom is 0.491 e. The van der Waals surface area contributed by atoms with Crippen LogP contribution in [0.25, 0.3) is 0 Å². The molecule has 1 aromatic rings. The first-order valence-corrected chi connectivity index (χ1v) is 3.94. The van der Waals surface area contributed by atoms with Crippen molar-refractivity contribution in [3.05, 3.63) is 16.4 Å². The van der Waals surface area contributed by atoms with Crippen molar-refractivity contribution in [2.24, 2.45) is 0 Å². The summed E-state index contributed by atoms with van der Waals surface area (Å²) in [7, 11) is 0. The van der Waals surface area contributed by atoms with E-state index in [-0.39, 0.29) is 12.2 Å². The summed E-state index contributed by atoms with van der Waals surface area (Å²) in [5.41, 5.74) is 0. The third kappa shape index (κ3) is 1.50. The molecule has 2 rings (SSSR count). The maximum absolute atomic E-state index is 10.3. The van der Waals surface area contributed by atoms with Crippen LogP contribution in [0.1, 0.15) is 19.1 Å². The zero-order chi connectivity index (χ0) is 9.26. The monoisotopic (exact) mass is 184 g/mol. The fraction of sp³-hybridized carbons (Fsp3) is 0.667. The van der Waals surface area contributed by atoms with Crippen LogP contribution in [0.2, 0.25) is 0 Å². The molecule has 70 valence electrons. The van der Waals surface area contributed by atoms with Gasteiger partial charge in [0, 0.05) is 11.7 Å². The Morgan fingerprint density at radius 1 is 1.77 bits per heavy atom. The van der Waals surface area contributed by atoms with Gasteiger partial charge in [0.1, 0.15) is 0 Å². The third-order valence-corrected chi connectivity index (χ3v) is 1.86. The van der Waals surface area contributed by atoms with E-state index in [1.54, 1.807) is 0 Å². The van der Waals surface area contributed by atoms with Crippen molar-refractivity contribution < 1.29 is 9.66 Å². The van der Waals surface area contributed by atoms with Crippen LogP contribution in [0, 0.1) is 10.1 Å². The minimum absolute atomic E-state index is 0.179. The predicted octanol–water partition coefficient (Wildman–Crippen LogP) is 0.495. The first kappa shape index (κ1) is 8.11. The molecule has 1 fully saturated rings. The number of aromatic nitrogens is 3. The van der Waals surface area contributed by atoms with Gasteiger partial charge in [0.2, 0.25) is 6.33 Å². The van der Waals surface area contributed by atoms with E-state index in [4.69, 9.17) is 4.74 Å². The number of hydrogen-bond acceptors (Lipinski definition) is 5. The third-order valence-electron chi connectivity index (χ3n) is 1.86. The summed E-state index contributed by atoms with van der Waals surface area (Å²) in [6.45, 7) is 0.679. The van der Waals surface area contributed by atoms with Gasteiger partial charge in [0.15, 0.2) is 6.23 Å². The normalized spacial score (nSPS) is 22.0. The summed E-state index contributed by atoms with van der Waals surface area (Å²) in [5, 5.41) is 13.9. The smallest absolute Gasteiger partial charge is 0.390 e. The number of hydrogen-bond donors (Lipinski definition) is 0. The van der Waals surface area contributed by atoms with Gasteiger partial charge < -0.3 is 14.9 Å². The van der Waals surface area contributed by atoms with Crippen LogP contribution >= 0.6 is 0 Å². The highest BCUT2D eigenvalue weighted by molar-refractivity contribution is 4.97. The number of nitrogens with zero attached hydrogens (tertiary/aromatic N) is 4. The molecule has 1 unspecified atom stereocenters. The Hall–Kier alpha value is -1.50. The highest BCUT2D eigenvalue weighted by Gasteiger charge is 2.23. The minimum Gasteiger partial charge on any atom is -0.390 e. The summed E-state index contributed by atoms with van der Waals surface area (Å²) < 4.78 is 6.66. The first-order chi connectivity index (χ1) is 6.27. The summed E-state index contributed by atoms with van der Waals surface area (Å²) in [6, 6.07) is 0. The average molecular weight is 184 g/mol. The summed E-state index contributed by atoms with van der Waals surface area (Å²) in [6.07, 6.45) is 2.94. The Kier molecular flexibility index (Phi) is 1.93. The summed E-state index contributed by atoms with van der Waals surface area (Å²) in [5.74, 6) is -0.379. The standard InChI is InChI=1S/C6H8N4O3/c11-10(12)6-7-4-9(8-6)5-2-1-3-13-5/h4-5H,1-3H2. The number of rotatable bonds is 2. The molecule has 2 heterocycles. The van der Waals surface area contributed by atoms with E-state index < -0.39 is 4.92 Å². The zero-order valence-corrected chi connectivity index (χ0v) is 6.79. The molecule has 1 atom stereocenters. The van der Waals surface area contributed by atoms with E-state index in [2.05, 4.69) is 10.1 Å². The molecule has 0 radical (unpaired) electrons. The minimum atomic E-state index is -0.620. The van der Waals surface area contributed by atoms with Gasteiger partial charge in [0.25, 0.3) is 0 Å². The molecule has 0 aromatic carbocycles. The predicted molar refractivity (Wildman–Crippen MR) is 40.9 cm³/mol. The van der Waals surface area contributed by atoms with Gasteiger partial charge in [0.05, 0.1) is 0 Å². The van der Waals surface area contributed by atoms with Crippen LogP contribution in [0.3, 0.4) is 0 Å². The SMILES string of the molecule is O=[N+]([O-])c1ncn(C2CCCO2)n1. The molecule has 0 N–H and O–H groups in total. The lowest BCUT2D eigenvalue weighted by Crippen LogP contribution is -2.07. The molecule has 0 spiro atoms. The number of nitro groups is 1. The molecule has 7 heteroatoms. The van der Waals surface area contributed by atoms with Crippen LogP contribution < -0.4 is 0 Å². The van der Waals surface area contributed by atoms with Crippen molar-refractivity contribution in [1.82, 2.24) is 14.8 Å². The highest BCUT2D eigenvalue weighted by Crippen LogP contribution is 2.21. The van der Waals surface area contributed by atoms with Crippen LogP contribution in [0.15, 0.2) is 6.33 Å². The zero-order valence-electron chi connectivity index (χ0n) is 6.79. The largest absolute Gasteiger partial charge is 0.491 e. The van der Waals surface area contributed by atoms with E-state index >= 15 is 0 Å². The van der Waals surface area contributed by atoms with Gasteiger partial charge in [-0.25, -0.2) is 0 Å². The van der Waals surface area contributed by atoms with E-state index in [1.807, 2.05) is 0 Å². The van der Waals surface area contributed by atoms with Crippen molar-refractivity contribution in [3.8, 4) is 0 Å². The van der Waals surface area contributed by atoms with Crippen LogP contribution in [-0.2, 0) is 4.74 Å². The molecule has 13 heavy (non-hydrogen) atoms. The molecular weight excluding hydrogens is 176 g/mol. The lowest BCUT2D eigenvalue weighted by atomic mass is 10.3. The van der Waals surface area contributed by atoms with Gasteiger partial charge in [-0.1, -0.05) is 4.98 Å². The molecule has 1 aromatic heterocycles. The highest BCUT2D eigenvalue weighted by atomic mass is 16.6. The summed E-state index contributed by atoms with van der Waals surface area (Å²) in [4.78, 5) is 13.2. The van der Waals surface area contributed by atoms with Crippen LogP contribution in [-0.4, -0.2) is 26.3 Å². The fourth-order valence-corrected chi connectivity index (χ4v) is 1.26. The first-order valence-electron chi connectivity index (χ1n) is 3.94. The Balaban J connectivity index is 2.16. The van der Waals surface area contributed by atoms with Crippen molar-refractivity contribution in [1.29, 1.82) is 0 Å². The lowest BCUT2D eigenvalue weighted by Gasteiger charge is -2.03. The maximum atomic E-state index is 10.3. The van der Waals surface area contributed by atoms with Crippen molar-refractivity contribution in [2.45, 2.75) is 19.1 Å². The molecule has 0 amide bonds. The quantitative estimate of drug-likeness (QED) is 0.493. The van der Waals surface area contributed by atoms with Crippen molar-refractivity contribution >= 4 is 5.95 Å². The fourth-order valence-electron chi connectivity index (χ4n) is 1.26. The van der Waals surface area contributed by atoms with Gasteiger partial charge in [-0.15, -0.1) is 4.68 Å². The van der Waals surface area contributed by atoms with Gasteiger partial charge in [-0.2, -0.15) is 0 Å². The molecule has 1 aliphatic rings. The van der Waals surface area contributed by atoms with Crippen LogP contribution in [0.4, 0.5) is 5.95 Å². The summed E-state index contributed by atoms with van der Waals surface area (Å²) >= 11 is 0. The topological polar surface area (TPSA) is 83.1 Å². The second-order valence-electron chi connectivity index (χ2n) is 2.75. The lowest BCUT2D eigenvalue weighted by molar-refractivity contribution is -0.394. The Bertz CT molecular complexity index is 317. The van der Waals surface area contributed by atoms with Gasteiger partial charge >= 0.3 is 5.95 Å². The van der Waals surface area contributed by atoms with E-state index in [0.717, 1.165) is 12.8 Å². The molecule has 0 aliphatic carbocycles. The Labute approximate surface area is 73.5 Å². The van der Waals surface area contributed by atoms with Crippen molar-refractivity contribution in [2.75, 3.05) is 6.61 Å². The molecule has 1 aliphatic heterocycles. The molecular formula is C6H8N4O3. The molecule has 0 bridgehead atoms. The Morgan fingerprint density at radius 3 is 3.15 bits per heavy atom. The molecule has 7 nitrogen and oxygen atoms in total. The van der Waals surface area contributed by atoms with Gasteiger partial charge in [-0.05, 0) is 17.8 Å². The van der Waals surface area contributed by atoms with Gasteiger partial charge in [-0.3, -0.25) is 0 Å². The molecule has 0 saturated carbocycles. The van der Waals surface area contributed by atoms with E-state index in [9.17, 15) is 10.1 Å². The van der Waals surface area contributed by atoms with E-state index in [1.165, 1.54) is 11.0 Å². The van der Waals surface area contributed by atoms with Crippen molar-refractivity contribution in [3.63, 3.8) is 0 Å². The van der Waals surface area contributed by atoms with E-state index in [0.29, 0.717) is 6.61 Å². The van der Waals surface area contributed by atoms with Crippen LogP contribution in [0.5, 0.6) is 0 Å². The second-order valence-corrected chi connectivity index (χ2v) is 2.75. The second kappa shape index (κ2) is 3.09. The molecule has 1 saturated heterocycles. The Morgan fingerprint density at radius 2 is 2.62 bits per heavy atom. The average Bonchev–Trinajstić information content (AvgIpc) is 2.75. The number of ether oxygens (including phenoxy) is 1.